The molecule has 4 heteroatoms. The number of hydrogen-bond acceptors (Lipinski definition) is 4. The van der Waals surface area contributed by atoms with Crippen LogP contribution in [-0.2, 0) is 4.74 Å². The lowest BCUT2D eigenvalue weighted by atomic mass is 9.95. The maximum atomic E-state index is 9.77. The molecule has 1 heterocycles. The quantitative estimate of drug-likeness (QED) is 0.746. The van der Waals surface area contributed by atoms with E-state index in [1.165, 1.54) is 32.4 Å². The first kappa shape index (κ1) is 16.2. The number of aliphatic hydroxyl groups excluding tert-OH is 1. The van der Waals surface area contributed by atoms with Gasteiger partial charge in [0.25, 0.3) is 0 Å². The summed E-state index contributed by atoms with van der Waals surface area (Å²) in [6.07, 6.45) is 7.11. The van der Waals surface area contributed by atoms with E-state index in [2.05, 4.69) is 17.1 Å². The van der Waals surface area contributed by atoms with E-state index in [4.69, 9.17) is 4.74 Å². The van der Waals surface area contributed by atoms with Crippen molar-refractivity contribution in [3.63, 3.8) is 0 Å². The maximum Gasteiger partial charge on any atom is 0.0613 e. The average molecular weight is 284 g/mol. The molecule has 0 amide bonds. The summed E-state index contributed by atoms with van der Waals surface area (Å²) in [6, 6.07) is 0.662. The summed E-state index contributed by atoms with van der Waals surface area (Å²) in [5.41, 5.74) is -0.00987. The van der Waals surface area contributed by atoms with Gasteiger partial charge in [-0.1, -0.05) is 6.92 Å². The van der Waals surface area contributed by atoms with Crippen molar-refractivity contribution in [3.8, 4) is 0 Å². The number of nitrogens with one attached hydrogen (secondary N) is 1. The van der Waals surface area contributed by atoms with E-state index in [9.17, 15) is 5.11 Å². The molecule has 2 atom stereocenters. The van der Waals surface area contributed by atoms with Gasteiger partial charge in [0.05, 0.1) is 6.61 Å². The first-order valence-corrected chi connectivity index (χ1v) is 8.32. The molecular weight excluding hydrogens is 252 g/mol. The molecule has 0 aromatic rings. The van der Waals surface area contributed by atoms with Crippen molar-refractivity contribution in [2.45, 2.75) is 57.0 Å². The molecule has 1 saturated carbocycles. The number of ether oxygens (including phenoxy) is 1. The smallest absolute Gasteiger partial charge is 0.0613 e. The highest BCUT2D eigenvalue weighted by molar-refractivity contribution is 5.00. The summed E-state index contributed by atoms with van der Waals surface area (Å²) in [5, 5.41) is 13.4. The van der Waals surface area contributed by atoms with E-state index in [1.807, 2.05) is 0 Å². The van der Waals surface area contributed by atoms with Crippen LogP contribution < -0.4 is 5.32 Å². The molecule has 0 radical (unpaired) electrons. The summed E-state index contributed by atoms with van der Waals surface area (Å²) in [4.78, 5) is 2.65. The van der Waals surface area contributed by atoms with E-state index in [1.54, 1.807) is 7.11 Å². The first-order valence-electron chi connectivity index (χ1n) is 8.32. The van der Waals surface area contributed by atoms with Crippen LogP contribution in [0.5, 0.6) is 0 Å². The maximum absolute atomic E-state index is 9.77. The number of aliphatic hydroxyl groups is 1. The van der Waals surface area contributed by atoms with Gasteiger partial charge in [-0.05, 0) is 64.1 Å². The van der Waals surface area contributed by atoms with Gasteiger partial charge in [0.1, 0.15) is 0 Å². The number of piperidine rings is 1. The molecule has 2 aliphatic rings. The molecular formula is C16H32N2O2. The van der Waals surface area contributed by atoms with E-state index in [0.717, 1.165) is 38.3 Å². The lowest BCUT2D eigenvalue weighted by Crippen LogP contribution is -2.49. The Hall–Kier alpha value is -0.160. The number of rotatable bonds is 7. The average Bonchev–Trinajstić information content (AvgIpc) is 2.91. The van der Waals surface area contributed by atoms with Crippen molar-refractivity contribution >= 4 is 0 Å². The van der Waals surface area contributed by atoms with Crippen molar-refractivity contribution in [3.05, 3.63) is 0 Å². The Morgan fingerprint density at radius 3 is 2.65 bits per heavy atom. The van der Waals surface area contributed by atoms with Crippen molar-refractivity contribution < 1.29 is 9.84 Å². The second-order valence-electron chi connectivity index (χ2n) is 6.70. The molecule has 0 bridgehead atoms. The SMILES string of the molecule is CCCNC1(CO)CCC(N2CCC(COC)CC2)C1. The standard InChI is InChI=1S/C16H32N2O2/c1-3-8-17-16(13-19)7-4-15(11-16)18-9-5-14(6-10-18)12-20-2/h14-15,17,19H,3-13H2,1-2H3. The molecule has 2 unspecified atom stereocenters. The zero-order valence-corrected chi connectivity index (χ0v) is 13.2. The van der Waals surface area contributed by atoms with Crippen molar-refractivity contribution in [1.82, 2.24) is 10.2 Å². The van der Waals surface area contributed by atoms with E-state index < -0.39 is 0 Å². The van der Waals surface area contributed by atoms with Crippen LogP contribution in [0.3, 0.4) is 0 Å². The van der Waals surface area contributed by atoms with Crippen LogP contribution in [0.1, 0.15) is 45.4 Å². The van der Waals surface area contributed by atoms with Crippen molar-refractivity contribution in [2.24, 2.45) is 5.92 Å². The fourth-order valence-electron chi connectivity index (χ4n) is 3.88. The van der Waals surface area contributed by atoms with Crippen LogP contribution in [0, 0.1) is 5.92 Å². The minimum absolute atomic E-state index is 0.00987. The first-order chi connectivity index (χ1) is 9.73. The zero-order valence-electron chi connectivity index (χ0n) is 13.2. The topological polar surface area (TPSA) is 44.7 Å². The minimum atomic E-state index is -0.00987. The number of likely N-dealkylation sites (tertiary alicyclic amines) is 1. The monoisotopic (exact) mass is 284 g/mol. The lowest BCUT2D eigenvalue weighted by Gasteiger charge is -2.37. The lowest BCUT2D eigenvalue weighted by molar-refractivity contribution is 0.0754. The fourth-order valence-corrected chi connectivity index (χ4v) is 3.88. The minimum Gasteiger partial charge on any atom is -0.394 e. The molecule has 1 aliphatic carbocycles. The predicted molar refractivity (Wildman–Crippen MR) is 81.9 cm³/mol. The van der Waals surface area contributed by atoms with Gasteiger partial charge in [0, 0.05) is 25.3 Å². The van der Waals surface area contributed by atoms with Gasteiger partial charge in [0.15, 0.2) is 0 Å². The molecule has 118 valence electrons. The van der Waals surface area contributed by atoms with Gasteiger partial charge in [-0.25, -0.2) is 0 Å². The second-order valence-corrected chi connectivity index (χ2v) is 6.70. The zero-order chi connectivity index (χ0) is 14.4. The largest absolute Gasteiger partial charge is 0.394 e. The number of hydrogen-bond donors (Lipinski definition) is 2. The highest BCUT2D eigenvalue weighted by Crippen LogP contribution is 2.34. The third kappa shape index (κ3) is 3.94. The molecule has 0 spiro atoms. The Labute approximate surface area is 123 Å². The summed E-state index contributed by atoms with van der Waals surface area (Å²) in [5.74, 6) is 0.749. The van der Waals surface area contributed by atoms with Crippen LogP contribution >= 0.6 is 0 Å². The summed E-state index contributed by atoms with van der Waals surface area (Å²) < 4.78 is 5.28. The Kier molecular flexibility index (Phi) is 6.27. The van der Waals surface area contributed by atoms with Crippen LogP contribution in [0.4, 0.5) is 0 Å². The second kappa shape index (κ2) is 7.74. The molecule has 2 rings (SSSR count). The number of nitrogens with zero attached hydrogens (tertiary/aromatic N) is 1. The Morgan fingerprint density at radius 1 is 1.30 bits per heavy atom. The van der Waals surface area contributed by atoms with Crippen molar-refractivity contribution in [2.75, 3.05) is 40.0 Å². The summed E-state index contributed by atoms with van der Waals surface area (Å²) >= 11 is 0. The summed E-state index contributed by atoms with van der Waals surface area (Å²) in [6.45, 7) is 6.80. The Balaban J connectivity index is 1.80. The number of methoxy groups -OCH3 is 1. The van der Waals surface area contributed by atoms with Crippen LogP contribution in [0.25, 0.3) is 0 Å². The summed E-state index contributed by atoms with van der Waals surface area (Å²) in [7, 11) is 1.80. The highest BCUT2D eigenvalue weighted by Gasteiger charge is 2.40. The Bertz CT molecular complexity index is 280. The van der Waals surface area contributed by atoms with Gasteiger partial charge in [-0.3, -0.25) is 0 Å². The molecule has 1 saturated heterocycles. The third-order valence-corrected chi connectivity index (χ3v) is 5.20. The molecule has 0 aromatic heterocycles. The van der Waals surface area contributed by atoms with Gasteiger partial charge in [-0.15, -0.1) is 0 Å². The molecule has 1 aliphatic heterocycles. The molecule has 20 heavy (non-hydrogen) atoms. The van der Waals surface area contributed by atoms with Gasteiger partial charge >= 0.3 is 0 Å². The molecule has 2 fully saturated rings. The highest BCUT2D eigenvalue weighted by atomic mass is 16.5. The molecule has 2 N–H and O–H groups in total. The van der Waals surface area contributed by atoms with Gasteiger partial charge in [0.2, 0.25) is 0 Å². The predicted octanol–water partition coefficient (Wildman–Crippen LogP) is 1.63. The van der Waals surface area contributed by atoms with E-state index in [-0.39, 0.29) is 12.1 Å². The molecule has 0 aromatic carbocycles. The van der Waals surface area contributed by atoms with Gasteiger partial charge in [-0.2, -0.15) is 0 Å². The van der Waals surface area contributed by atoms with E-state index in [0.29, 0.717) is 6.04 Å². The van der Waals surface area contributed by atoms with E-state index >= 15 is 0 Å². The van der Waals surface area contributed by atoms with Crippen LogP contribution in [0.15, 0.2) is 0 Å². The Morgan fingerprint density at radius 2 is 2.05 bits per heavy atom. The third-order valence-electron chi connectivity index (χ3n) is 5.20. The van der Waals surface area contributed by atoms with Crippen molar-refractivity contribution in [1.29, 1.82) is 0 Å². The molecule has 4 nitrogen and oxygen atoms in total. The van der Waals surface area contributed by atoms with Crippen LogP contribution in [-0.4, -0.2) is 61.5 Å². The van der Waals surface area contributed by atoms with Gasteiger partial charge < -0.3 is 20.1 Å². The normalized spacial score (nSPS) is 32.9. The van der Waals surface area contributed by atoms with Crippen LogP contribution in [0.2, 0.25) is 0 Å². The fraction of sp³-hybridized carbons (Fsp3) is 1.00.